The molecule has 0 spiro atoms. The summed E-state index contributed by atoms with van der Waals surface area (Å²) in [4.78, 5) is 46.0. The molecular weight excluding hydrogens is 446 g/mol. The number of nitrogens with zero attached hydrogens (tertiary/aromatic N) is 1. The number of hydrogen-bond acceptors (Lipinski definition) is 5. The number of ketones is 2. The number of amides is 1. The Bertz CT molecular complexity index is 1430. The molecule has 0 fully saturated rings. The highest BCUT2D eigenvalue weighted by Gasteiger charge is 2.29. The van der Waals surface area contributed by atoms with Crippen molar-refractivity contribution in [1.82, 2.24) is 9.97 Å². The Morgan fingerprint density at radius 1 is 0.882 bits per heavy atom. The lowest BCUT2D eigenvalue weighted by molar-refractivity contribution is -0.113. The standard InChI is InChI=1S/C27H21N3O3S/c1-16-23(13-17-7-3-2-4-8-17)30-27(28-16)34-15-24(31)29-18-11-12-21-22(14-18)26(33)20-10-6-5-9-19(20)25(21)32/h2-12,14H,13,15H2,1H3,(H,28,30)(H,29,31). The van der Waals surface area contributed by atoms with Gasteiger partial charge in [-0.15, -0.1) is 0 Å². The summed E-state index contributed by atoms with van der Waals surface area (Å²) in [5.74, 6) is -0.464. The van der Waals surface area contributed by atoms with E-state index in [1.54, 1.807) is 42.5 Å². The Morgan fingerprint density at radius 3 is 2.26 bits per heavy atom. The SMILES string of the molecule is Cc1[nH]c(SCC(=O)Nc2ccc3c(c2)C(=O)c2ccccc2C3=O)nc1Cc1ccccc1. The second-order valence-corrected chi connectivity index (χ2v) is 9.04. The first-order valence-electron chi connectivity index (χ1n) is 10.8. The molecule has 0 unspecified atom stereocenters. The molecule has 1 aromatic heterocycles. The number of rotatable bonds is 6. The third kappa shape index (κ3) is 4.30. The molecule has 0 saturated heterocycles. The zero-order valence-electron chi connectivity index (χ0n) is 18.4. The van der Waals surface area contributed by atoms with Gasteiger partial charge < -0.3 is 10.3 Å². The second-order valence-electron chi connectivity index (χ2n) is 8.08. The van der Waals surface area contributed by atoms with Gasteiger partial charge in [0.2, 0.25) is 5.91 Å². The van der Waals surface area contributed by atoms with Crippen LogP contribution in [0.15, 0.2) is 78.0 Å². The maximum absolute atomic E-state index is 12.9. The molecule has 1 aliphatic carbocycles. The summed E-state index contributed by atoms with van der Waals surface area (Å²) in [6, 6.07) is 21.7. The van der Waals surface area contributed by atoms with Crippen molar-refractivity contribution in [1.29, 1.82) is 0 Å². The van der Waals surface area contributed by atoms with Gasteiger partial charge in [0, 0.05) is 40.1 Å². The third-order valence-electron chi connectivity index (χ3n) is 5.73. The van der Waals surface area contributed by atoms with Gasteiger partial charge in [0.25, 0.3) is 0 Å². The summed E-state index contributed by atoms with van der Waals surface area (Å²) in [7, 11) is 0. The number of aromatic nitrogens is 2. The van der Waals surface area contributed by atoms with Crippen molar-refractivity contribution < 1.29 is 14.4 Å². The number of hydrogen-bond donors (Lipinski definition) is 2. The number of benzene rings is 3. The van der Waals surface area contributed by atoms with Gasteiger partial charge in [-0.2, -0.15) is 0 Å². The zero-order chi connectivity index (χ0) is 23.7. The van der Waals surface area contributed by atoms with Crippen LogP contribution in [0, 0.1) is 6.92 Å². The molecule has 7 heteroatoms. The van der Waals surface area contributed by atoms with Crippen LogP contribution in [0.4, 0.5) is 5.69 Å². The number of aromatic amines is 1. The van der Waals surface area contributed by atoms with Gasteiger partial charge in [0.1, 0.15) is 0 Å². The maximum Gasteiger partial charge on any atom is 0.234 e. The van der Waals surface area contributed by atoms with E-state index < -0.39 is 0 Å². The summed E-state index contributed by atoms with van der Waals surface area (Å²) >= 11 is 1.31. The van der Waals surface area contributed by atoms with Crippen molar-refractivity contribution >= 4 is 34.9 Å². The minimum Gasteiger partial charge on any atom is -0.337 e. The van der Waals surface area contributed by atoms with Crippen molar-refractivity contribution in [3.8, 4) is 0 Å². The summed E-state index contributed by atoms with van der Waals surface area (Å²) in [6.07, 6.45) is 0.723. The van der Waals surface area contributed by atoms with Gasteiger partial charge in [-0.25, -0.2) is 4.98 Å². The van der Waals surface area contributed by atoms with Gasteiger partial charge in [0.05, 0.1) is 11.4 Å². The normalized spacial score (nSPS) is 12.3. The van der Waals surface area contributed by atoms with Crippen LogP contribution in [0.3, 0.4) is 0 Å². The Kier molecular flexibility index (Phi) is 5.86. The Morgan fingerprint density at radius 2 is 1.53 bits per heavy atom. The van der Waals surface area contributed by atoms with Gasteiger partial charge in [0.15, 0.2) is 16.7 Å². The zero-order valence-corrected chi connectivity index (χ0v) is 19.2. The Balaban J connectivity index is 1.24. The van der Waals surface area contributed by atoms with Crippen LogP contribution in [0.1, 0.15) is 48.8 Å². The molecule has 0 bridgehead atoms. The molecule has 4 aromatic rings. The summed E-state index contributed by atoms with van der Waals surface area (Å²) in [6.45, 7) is 1.97. The number of carbonyl (C=O) groups excluding carboxylic acids is 3. The first-order valence-corrected chi connectivity index (χ1v) is 11.8. The van der Waals surface area contributed by atoms with Crippen LogP contribution in [-0.2, 0) is 11.2 Å². The minimum atomic E-state index is -0.224. The van der Waals surface area contributed by atoms with E-state index in [0.29, 0.717) is 33.1 Å². The fourth-order valence-electron chi connectivity index (χ4n) is 4.00. The summed E-state index contributed by atoms with van der Waals surface area (Å²) in [5.41, 5.74) is 5.04. The summed E-state index contributed by atoms with van der Waals surface area (Å²) < 4.78 is 0. The highest BCUT2D eigenvalue weighted by Crippen LogP contribution is 2.29. The molecule has 0 radical (unpaired) electrons. The highest BCUT2D eigenvalue weighted by molar-refractivity contribution is 7.99. The highest BCUT2D eigenvalue weighted by atomic mass is 32.2. The smallest absolute Gasteiger partial charge is 0.234 e. The lowest BCUT2D eigenvalue weighted by atomic mass is 9.84. The maximum atomic E-state index is 12.9. The second kappa shape index (κ2) is 9.11. The van der Waals surface area contributed by atoms with Crippen molar-refractivity contribution in [3.05, 3.63) is 112 Å². The van der Waals surface area contributed by atoms with Gasteiger partial charge in [-0.1, -0.05) is 66.4 Å². The topological polar surface area (TPSA) is 91.9 Å². The Labute approximate surface area is 200 Å². The minimum absolute atomic E-state index is 0.157. The van der Waals surface area contributed by atoms with E-state index in [2.05, 4.69) is 27.4 Å². The van der Waals surface area contributed by atoms with E-state index in [9.17, 15) is 14.4 Å². The molecule has 34 heavy (non-hydrogen) atoms. The molecule has 3 aromatic carbocycles. The molecule has 1 aliphatic rings. The molecule has 6 nitrogen and oxygen atoms in total. The van der Waals surface area contributed by atoms with E-state index >= 15 is 0 Å². The molecule has 0 aliphatic heterocycles. The molecule has 1 heterocycles. The summed E-state index contributed by atoms with van der Waals surface area (Å²) in [5, 5.41) is 3.50. The first kappa shape index (κ1) is 21.9. The number of fused-ring (bicyclic) bond motifs is 2. The van der Waals surface area contributed by atoms with E-state index in [4.69, 9.17) is 0 Å². The van der Waals surface area contributed by atoms with Gasteiger partial charge in [-0.3, -0.25) is 14.4 Å². The number of thioether (sulfide) groups is 1. The van der Waals surface area contributed by atoms with E-state index in [0.717, 1.165) is 17.8 Å². The van der Waals surface area contributed by atoms with Crippen molar-refractivity contribution in [2.24, 2.45) is 0 Å². The number of imidazole rings is 1. The third-order valence-corrected chi connectivity index (χ3v) is 6.60. The average molecular weight is 468 g/mol. The predicted octanol–water partition coefficient (Wildman–Crippen LogP) is 4.82. The molecule has 1 amide bonds. The van der Waals surface area contributed by atoms with Crippen LogP contribution in [0.5, 0.6) is 0 Å². The lowest BCUT2D eigenvalue weighted by Gasteiger charge is -2.18. The number of carbonyl (C=O) groups is 3. The predicted molar refractivity (Wildman–Crippen MR) is 132 cm³/mol. The fraction of sp³-hybridized carbons (Fsp3) is 0.111. The molecular formula is C27H21N3O3S. The largest absolute Gasteiger partial charge is 0.337 e. The van der Waals surface area contributed by atoms with Crippen LogP contribution >= 0.6 is 11.8 Å². The van der Waals surface area contributed by atoms with Gasteiger partial charge in [-0.05, 0) is 30.7 Å². The molecule has 2 N–H and O–H groups in total. The monoisotopic (exact) mass is 467 g/mol. The van der Waals surface area contributed by atoms with Crippen LogP contribution in [-0.4, -0.2) is 33.2 Å². The van der Waals surface area contributed by atoms with Crippen molar-refractivity contribution in [3.63, 3.8) is 0 Å². The van der Waals surface area contributed by atoms with Gasteiger partial charge >= 0.3 is 0 Å². The van der Waals surface area contributed by atoms with E-state index in [1.807, 2.05) is 25.1 Å². The molecule has 0 saturated carbocycles. The number of anilines is 1. The Hall–Kier alpha value is -3.97. The van der Waals surface area contributed by atoms with Crippen LogP contribution in [0.2, 0.25) is 0 Å². The quantitative estimate of drug-likeness (QED) is 0.350. The molecule has 0 atom stereocenters. The van der Waals surface area contributed by atoms with Crippen LogP contribution in [0.25, 0.3) is 0 Å². The molecule has 5 rings (SSSR count). The number of nitrogens with one attached hydrogen (secondary N) is 2. The fourth-order valence-corrected chi connectivity index (χ4v) is 4.74. The number of aryl methyl sites for hydroxylation is 1. The number of H-pyrrole nitrogens is 1. The lowest BCUT2D eigenvalue weighted by Crippen LogP contribution is -2.21. The van der Waals surface area contributed by atoms with E-state index in [-0.39, 0.29) is 23.2 Å². The molecule has 168 valence electrons. The van der Waals surface area contributed by atoms with Crippen molar-refractivity contribution in [2.45, 2.75) is 18.5 Å². The first-order chi connectivity index (χ1) is 16.5. The van der Waals surface area contributed by atoms with E-state index in [1.165, 1.54) is 17.3 Å². The van der Waals surface area contributed by atoms with Crippen LogP contribution < -0.4 is 5.32 Å². The van der Waals surface area contributed by atoms with Crippen molar-refractivity contribution in [2.75, 3.05) is 11.1 Å². The average Bonchev–Trinajstić information content (AvgIpc) is 3.20.